The highest BCUT2D eigenvalue weighted by Crippen LogP contribution is 2.34. The van der Waals surface area contributed by atoms with E-state index in [1.165, 1.54) is 24.8 Å². The molecule has 0 unspecified atom stereocenters. The van der Waals surface area contributed by atoms with Crippen molar-refractivity contribution >= 4 is 11.7 Å². The zero-order valence-corrected chi connectivity index (χ0v) is 14.9. The van der Waals surface area contributed by atoms with E-state index in [9.17, 15) is 4.79 Å². The molecule has 3 fully saturated rings. The Morgan fingerprint density at radius 3 is 2.48 bits per heavy atom. The molecule has 4 aliphatic rings. The molecule has 6 nitrogen and oxygen atoms in total. The number of piperazine rings is 1. The molecule has 5 rings (SSSR count). The normalized spacial score (nSPS) is 24.8. The van der Waals surface area contributed by atoms with E-state index in [0.717, 1.165) is 69.5 Å². The maximum Gasteiger partial charge on any atom is 0.226 e. The molecule has 3 heterocycles. The van der Waals surface area contributed by atoms with Gasteiger partial charge in [0, 0.05) is 50.2 Å². The lowest BCUT2D eigenvalue weighted by molar-refractivity contribution is -0.133. The van der Waals surface area contributed by atoms with Gasteiger partial charge in [0.25, 0.3) is 0 Å². The van der Waals surface area contributed by atoms with Crippen LogP contribution in [0.15, 0.2) is 6.33 Å². The highest BCUT2D eigenvalue weighted by Gasteiger charge is 2.36. The van der Waals surface area contributed by atoms with E-state index < -0.39 is 0 Å². The van der Waals surface area contributed by atoms with Gasteiger partial charge in [-0.05, 0) is 32.1 Å². The zero-order valence-electron chi connectivity index (χ0n) is 14.9. The molecule has 0 atom stereocenters. The number of carbonyl (C=O) groups excluding carboxylic acids is 1. The van der Waals surface area contributed by atoms with Gasteiger partial charge >= 0.3 is 0 Å². The van der Waals surface area contributed by atoms with Gasteiger partial charge in [-0.1, -0.05) is 6.42 Å². The Balaban J connectivity index is 1.29. The number of amides is 1. The molecule has 1 amide bonds. The second-order valence-corrected chi connectivity index (χ2v) is 8.01. The summed E-state index contributed by atoms with van der Waals surface area (Å²) in [6.07, 6.45) is 8.90. The second kappa shape index (κ2) is 6.24. The summed E-state index contributed by atoms with van der Waals surface area (Å²) in [5.74, 6) is 1.75. The lowest BCUT2D eigenvalue weighted by atomic mass is 9.91. The van der Waals surface area contributed by atoms with Crippen molar-refractivity contribution in [2.75, 3.05) is 37.6 Å². The van der Waals surface area contributed by atoms with E-state index in [0.29, 0.717) is 18.4 Å². The quantitative estimate of drug-likeness (QED) is 0.833. The van der Waals surface area contributed by atoms with Crippen LogP contribution in [0.25, 0.3) is 0 Å². The number of rotatable bonds is 3. The molecule has 6 heteroatoms. The van der Waals surface area contributed by atoms with Crippen LogP contribution in [0.3, 0.4) is 0 Å². The van der Waals surface area contributed by atoms with Gasteiger partial charge in [0.05, 0.1) is 12.2 Å². The van der Waals surface area contributed by atoms with Crippen molar-refractivity contribution in [3.05, 3.63) is 17.6 Å². The van der Waals surface area contributed by atoms with Crippen LogP contribution < -0.4 is 4.90 Å². The topological polar surface area (TPSA) is 52.6 Å². The molecule has 1 saturated heterocycles. The highest BCUT2D eigenvalue weighted by molar-refractivity contribution is 5.81. The first-order valence-corrected chi connectivity index (χ1v) is 9.90. The molecule has 2 saturated carbocycles. The minimum atomic E-state index is 0.294. The summed E-state index contributed by atoms with van der Waals surface area (Å²) < 4.78 is 0. The minimum absolute atomic E-state index is 0.294. The number of aromatic nitrogens is 2. The van der Waals surface area contributed by atoms with Gasteiger partial charge in [-0.25, -0.2) is 9.97 Å². The number of nitrogens with zero attached hydrogens (tertiary/aromatic N) is 5. The molecule has 0 bridgehead atoms. The Morgan fingerprint density at radius 1 is 1.00 bits per heavy atom. The van der Waals surface area contributed by atoms with Gasteiger partial charge < -0.3 is 9.80 Å². The van der Waals surface area contributed by atoms with Crippen LogP contribution in [0.2, 0.25) is 0 Å². The molecule has 0 radical (unpaired) electrons. The average molecular weight is 341 g/mol. The van der Waals surface area contributed by atoms with Gasteiger partial charge in [-0.3, -0.25) is 9.69 Å². The van der Waals surface area contributed by atoms with Crippen molar-refractivity contribution in [2.45, 2.75) is 51.1 Å². The molecule has 0 spiro atoms. The first-order valence-electron chi connectivity index (χ1n) is 9.90. The second-order valence-electron chi connectivity index (χ2n) is 8.01. The molecule has 1 aromatic rings. The summed E-state index contributed by atoms with van der Waals surface area (Å²) in [5, 5.41) is 0. The Bertz CT molecular complexity index is 662. The van der Waals surface area contributed by atoms with Crippen LogP contribution in [0.5, 0.6) is 0 Å². The van der Waals surface area contributed by atoms with Crippen LogP contribution in [-0.4, -0.2) is 64.4 Å². The van der Waals surface area contributed by atoms with E-state index in [2.05, 4.69) is 19.8 Å². The minimum Gasteiger partial charge on any atom is -0.354 e. The SMILES string of the molecule is O=C(C1CC1)N1CCc2c(ncnc2N2CCN(C3CCC3)CC2)C1. The van der Waals surface area contributed by atoms with E-state index in [-0.39, 0.29) is 0 Å². The predicted molar refractivity (Wildman–Crippen MR) is 95.3 cm³/mol. The lowest BCUT2D eigenvalue weighted by Gasteiger charge is -2.43. The molecule has 0 N–H and O–H groups in total. The molecular weight excluding hydrogens is 314 g/mol. The van der Waals surface area contributed by atoms with E-state index in [4.69, 9.17) is 0 Å². The Hall–Kier alpha value is -1.69. The van der Waals surface area contributed by atoms with Crippen molar-refractivity contribution in [3.8, 4) is 0 Å². The third-order valence-corrected chi connectivity index (χ3v) is 6.43. The summed E-state index contributed by atoms with van der Waals surface area (Å²) in [4.78, 5) is 28.6. The fourth-order valence-corrected chi connectivity index (χ4v) is 4.44. The molecule has 2 aliphatic heterocycles. The molecule has 134 valence electrons. The van der Waals surface area contributed by atoms with Gasteiger partial charge in [-0.2, -0.15) is 0 Å². The van der Waals surface area contributed by atoms with Gasteiger partial charge in [0.15, 0.2) is 0 Å². The van der Waals surface area contributed by atoms with Crippen molar-refractivity contribution in [1.82, 2.24) is 19.8 Å². The summed E-state index contributed by atoms with van der Waals surface area (Å²) >= 11 is 0. The lowest BCUT2D eigenvalue weighted by Crippen LogP contribution is -2.52. The van der Waals surface area contributed by atoms with Crippen LogP contribution in [0, 0.1) is 5.92 Å². The third-order valence-electron chi connectivity index (χ3n) is 6.43. The van der Waals surface area contributed by atoms with Crippen molar-refractivity contribution in [1.29, 1.82) is 0 Å². The number of fused-ring (bicyclic) bond motifs is 1. The largest absolute Gasteiger partial charge is 0.354 e. The van der Waals surface area contributed by atoms with Crippen LogP contribution in [-0.2, 0) is 17.8 Å². The predicted octanol–water partition coefficient (Wildman–Crippen LogP) is 1.45. The Morgan fingerprint density at radius 2 is 1.80 bits per heavy atom. The number of carbonyl (C=O) groups is 1. The van der Waals surface area contributed by atoms with Crippen molar-refractivity contribution in [2.24, 2.45) is 5.92 Å². The Labute approximate surface area is 149 Å². The number of hydrogen-bond acceptors (Lipinski definition) is 5. The maximum atomic E-state index is 12.4. The maximum absolute atomic E-state index is 12.4. The molecule has 25 heavy (non-hydrogen) atoms. The van der Waals surface area contributed by atoms with Gasteiger partial charge in [0.2, 0.25) is 5.91 Å². The zero-order chi connectivity index (χ0) is 16.8. The monoisotopic (exact) mass is 341 g/mol. The van der Waals surface area contributed by atoms with Crippen LogP contribution in [0.4, 0.5) is 5.82 Å². The molecule has 2 aliphatic carbocycles. The number of anilines is 1. The number of hydrogen-bond donors (Lipinski definition) is 0. The standard InChI is InChI=1S/C19H27N5O/c25-19(14-4-5-14)24-7-6-16-17(12-24)20-13-21-18(16)23-10-8-22(9-11-23)15-2-1-3-15/h13-15H,1-12H2. The van der Waals surface area contributed by atoms with E-state index in [1.807, 2.05) is 4.90 Å². The highest BCUT2D eigenvalue weighted by atomic mass is 16.2. The molecular formula is C19H27N5O. The first kappa shape index (κ1) is 15.6. The first-order chi connectivity index (χ1) is 12.3. The fraction of sp³-hybridized carbons (Fsp3) is 0.737. The Kier molecular flexibility index (Phi) is 3.88. The summed E-state index contributed by atoms with van der Waals surface area (Å²) in [6, 6.07) is 0.837. The summed E-state index contributed by atoms with van der Waals surface area (Å²) in [5.41, 5.74) is 2.34. The van der Waals surface area contributed by atoms with Crippen molar-refractivity contribution in [3.63, 3.8) is 0 Å². The van der Waals surface area contributed by atoms with Gasteiger partial charge in [0.1, 0.15) is 12.1 Å². The summed E-state index contributed by atoms with van der Waals surface area (Å²) in [6.45, 7) is 5.91. The third kappa shape index (κ3) is 2.90. The van der Waals surface area contributed by atoms with Crippen molar-refractivity contribution < 1.29 is 4.79 Å². The smallest absolute Gasteiger partial charge is 0.226 e. The van der Waals surface area contributed by atoms with E-state index in [1.54, 1.807) is 6.33 Å². The van der Waals surface area contributed by atoms with Crippen LogP contribution in [0.1, 0.15) is 43.4 Å². The van der Waals surface area contributed by atoms with Crippen LogP contribution >= 0.6 is 0 Å². The van der Waals surface area contributed by atoms with Gasteiger partial charge in [-0.15, -0.1) is 0 Å². The average Bonchev–Trinajstić information content (AvgIpc) is 3.44. The fourth-order valence-electron chi connectivity index (χ4n) is 4.44. The molecule has 1 aromatic heterocycles. The molecule has 0 aromatic carbocycles. The summed E-state index contributed by atoms with van der Waals surface area (Å²) in [7, 11) is 0. The van der Waals surface area contributed by atoms with E-state index >= 15 is 0 Å².